The molecule has 0 aliphatic heterocycles. The highest BCUT2D eigenvalue weighted by molar-refractivity contribution is 7.87. The van der Waals surface area contributed by atoms with Gasteiger partial charge in [-0.1, -0.05) is 6.92 Å². The van der Waals surface area contributed by atoms with E-state index in [9.17, 15) is 18.0 Å². The summed E-state index contributed by atoms with van der Waals surface area (Å²) >= 11 is 0. The second kappa shape index (κ2) is 7.63. The summed E-state index contributed by atoms with van der Waals surface area (Å²) in [5.74, 6) is -0.539. The van der Waals surface area contributed by atoms with Crippen LogP contribution in [0.25, 0.3) is 0 Å². The number of rotatable bonds is 8. The first-order valence-electron chi connectivity index (χ1n) is 7.27. The first-order valence-corrected chi connectivity index (χ1v) is 8.84. The number of carbonyl (C=O) groups excluding carboxylic acids is 1. The van der Waals surface area contributed by atoms with Crippen LogP contribution in [0.5, 0.6) is 5.75 Å². The zero-order valence-corrected chi connectivity index (χ0v) is 14.6. The molecule has 0 unspecified atom stereocenters. The highest BCUT2D eigenvalue weighted by Gasteiger charge is 2.27. The van der Waals surface area contributed by atoms with Crippen LogP contribution in [0.15, 0.2) is 21.3 Å². The Morgan fingerprint density at radius 1 is 1.30 bits per heavy atom. The number of hydrogen-bond donors (Lipinski definition) is 0. The zero-order valence-electron chi connectivity index (χ0n) is 13.7. The summed E-state index contributed by atoms with van der Waals surface area (Å²) in [4.78, 5) is 22.9. The van der Waals surface area contributed by atoms with Gasteiger partial charge in [0.05, 0.1) is 23.8 Å². The summed E-state index contributed by atoms with van der Waals surface area (Å²) in [6, 6.07) is 2.26. The third-order valence-electron chi connectivity index (χ3n) is 3.30. The van der Waals surface area contributed by atoms with Crippen LogP contribution in [0.1, 0.15) is 39.4 Å². The van der Waals surface area contributed by atoms with Crippen LogP contribution in [0.4, 0.5) is 0 Å². The Bertz CT molecular complexity index is 701. The van der Waals surface area contributed by atoms with Gasteiger partial charge < -0.3 is 13.3 Å². The molecule has 23 heavy (non-hydrogen) atoms. The van der Waals surface area contributed by atoms with Gasteiger partial charge in [-0.25, -0.2) is 4.79 Å². The van der Waals surface area contributed by atoms with Crippen LogP contribution in [-0.2, 0) is 19.6 Å². The maximum absolute atomic E-state index is 11.8. The van der Waals surface area contributed by atoms with Crippen molar-refractivity contribution in [3.05, 3.63) is 28.3 Å². The molecule has 0 atom stereocenters. The average Bonchev–Trinajstić information content (AvgIpc) is 2.41. The van der Waals surface area contributed by atoms with E-state index in [0.717, 1.165) is 6.07 Å². The van der Waals surface area contributed by atoms with Crippen molar-refractivity contribution in [3.8, 4) is 5.75 Å². The molecular weight excluding hydrogens is 324 g/mol. The van der Waals surface area contributed by atoms with Gasteiger partial charge in [0, 0.05) is 6.07 Å². The molecule has 0 radical (unpaired) electrons. The Morgan fingerprint density at radius 3 is 2.52 bits per heavy atom. The monoisotopic (exact) mass is 346 g/mol. The summed E-state index contributed by atoms with van der Waals surface area (Å²) < 4.78 is 38.2. The van der Waals surface area contributed by atoms with Gasteiger partial charge in [0.25, 0.3) is 0 Å². The van der Waals surface area contributed by atoms with Gasteiger partial charge >= 0.3 is 21.7 Å². The molecule has 130 valence electrons. The molecule has 1 aromatic heterocycles. The lowest BCUT2D eigenvalue weighted by Gasteiger charge is -2.20. The average molecular weight is 346 g/mol. The lowest BCUT2D eigenvalue weighted by atomic mass is 9.91. The van der Waals surface area contributed by atoms with Crippen molar-refractivity contribution >= 4 is 16.1 Å². The molecule has 0 saturated heterocycles. The van der Waals surface area contributed by atoms with Gasteiger partial charge in [-0.15, -0.1) is 0 Å². The van der Waals surface area contributed by atoms with Gasteiger partial charge in [0.2, 0.25) is 0 Å². The smallest absolute Gasteiger partial charge is 0.339 e. The van der Waals surface area contributed by atoms with E-state index in [1.165, 1.54) is 13.0 Å². The van der Waals surface area contributed by atoms with E-state index in [-0.39, 0.29) is 36.3 Å². The van der Waals surface area contributed by atoms with Crippen LogP contribution < -0.4 is 9.81 Å². The van der Waals surface area contributed by atoms with E-state index in [2.05, 4.69) is 0 Å². The molecule has 0 aliphatic rings. The van der Waals surface area contributed by atoms with E-state index in [1.54, 1.807) is 13.8 Å². The number of aryl methyl sites for hydroxylation is 1. The molecule has 0 aliphatic carbocycles. The van der Waals surface area contributed by atoms with E-state index in [0.29, 0.717) is 6.42 Å². The lowest BCUT2D eigenvalue weighted by molar-refractivity contribution is -0.154. The summed E-state index contributed by atoms with van der Waals surface area (Å²) in [7, 11) is -3.88. The predicted molar refractivity (Wildman–Crippen MR) is 83.8 cm³/mol. The Labute approximate surface area is 135 Å². The van der Waals surface area contributed by atoms with Crippen LogP contribution in [0.2, 0.25) is 0 Å². The van der Waals surface area contributed by atoms with Crippen molar-refractivity contribution < 1.29 is 26.5 Å². The fraction of sp³-hybridized carbons (Fsp3) is 0.600. The second-order valence-electron chi connectivity index (χ2n) is 5.79. The molecule has 0 saturated carbocycles. The van der Waals surface area contributed by atoms with Gasteiger partial charge in [-0.05, 0) is 33.6 Å². The van der Waals surface area contributed by atoms with Crippen molar-refractivity contribution in [2.24, 2.45) is 5.41 Å². The second-order valence-corrected chi connectivity index (χ2v) is 7.49. The minimum absolute atomic E-state index is 0.0131. The number of carbonyl (C=O) groups is 1. The van der Waals surface area contributed by atoms with Crippen molar-refractivity contribution in [3.63, 3.8) is 0 Å². The maximum atomic E-state index is 11.8. The largest absolute Gasteiger partial charge is 0.465 e. The van der Waals surface area contributed by atoms with Crippen LogP contribution in [0, 0.1) is 12.3 Å². The molecule has 1 rings (SSSR count). The molecular formula is C15H22O7S. The molecule has 0 fully saturated rings. The molecule has 8 heteroatoms. The Balaban J connectivity index is 2.50. The van der Waals surface area contributed by atoms with Gasteiger partial charge in [0.1, 0.15) is 5.76 Å². The predicted octanol–water partition coefficient (Wildman–Crippen LogP) is 2.03. The molecule has 0 aromatic carbocycles. The molecule has 0 amide bonds. The lowest BCUT2D eigenvalue weighted by Crippen LogP contribution is -2.26. The minimum atomic E-state index is -3.88. The molecule has 7 nitrogen and oxygen atoms in total. The number of esters is 1. The van der Waals surface area contributed by atoms with E-state index in [1.807, 2.05) is 6.92 Å². The highest BCUT2D eigenvalue weighted by atomic mass is 32.2. The van der Waals surface area contributed by atoms with Crippen LogP contribution >= 0.6 is 0 Å². The van der Waals surface area contributed by atoms with Gasteiger partial charge in [-0.3, -0.25) is 4.79 Å². The third-order valence-corrected chi connectivity index (χ3v) is 4.53. The topological polar surface area (TPSA) is 99.9 Å². The summed E-state index contributed by atoms with van der Waals surface area (Å²) in [6.45, 7) is 6.89. The van der Waals surface area contributed by atoms with Crippen molar-refractivity contribution in [2.75, 3.05) is 12.4 Å². The van der Waals surface area contributed by atoms with Gasteiger partial charge in [-0.2, -0.15) is 8.42 Å². The van der Waals surface area contributed by atoms with Crippen molar-refractivity contribution in [1.29, 1.82) is 0 Å². The van der Waals surface area contributed by atoms with Crippen molar-refractivity contribution in [2.45, 2.75) is 40.5 Å². The van der Waals surface area contributed by atoms with Crippen LogP contribution in [0.3, 0.4) is 0 Å². The number of ether oxygens (including phenoxy) is 1. The standard InChI is InChI=1S/C15H22O7S/c1-5-15(3,4)14(17)20-7-6-8-23(18,19)22-12-9-11(2)21-13(16)10-12/h9-10H,5-8H2,1-4H3. The molecule has 0 N–H and O–H groups in total. The fourth-order valence-electron chi connectivity index (χ4n) is 1.55. The van der Waals surface area contributed by atoms with E-state index < -0.39 is 21.2 Å². The number of hydrogen-bond acceptors (Lipinski definition) is 7. The summed E-state index contributed by atoms with van der Waals surface area (Å²) in [5, 5.41) is 0. The molecule has 0 spiro atoms. The first kappa shape index (κ1) is 19.2. The summed E-state index contributed by atoms with van der Waals surface area (Å²) in [6.07, 6.45) is 0.734. The fourth-order valence-corrected chi connectivity index (χ4v) is 2.50. The Morgan fingerprint density at radius 2 is 1.96 bits per heavy atom. The van der Waals surface area contributed by atoms with Crippen molar-refractivity contribution in [1.82, 2.24) is 0 Å². The molecule has 0 bridgehead atoms. The minimum Gasteiger partial charge on any atom is -0.465 e. The molecule has 1 heterocycles. The third kappa shape index (κ3) is 6.43. The SMILES string of the molecule is CCC(C)(C)C(=O)OCCCS(=O)(=O)Oc1cc(C)oc(=O)c1. The van der Waals surface area contributed by atoms with Gasteiger partial charge in [0.15, 0.2) is 5.75 Å². The summed E-state index contributed by atoms with van der Waals surface area (Å²) in [5.41, 5.74) is -1.28. The zero-order chi connectivity index (χ0) is 17.7. The Kier molecular flexibility index (Phi) is 6.37. The maximum Gasteiger partial charge on any atom is 0.339 e. The Hall–Kier alpha value is -1.83. The van der Waals surface area contributed by atoms with Crippen LogP contribution in [-0.4, -0.2) is 26.7 Å². The normalized spacial score (nSPS) is 12.0. The quantitative estimate of drug-likeness (QED) is 0.403. The first-order chi connectivity index (χ1) is 10.6. The molecule has 1 aromatic rings. The van der Waals surface area contributed by atoms with E-state index in [4.69, 9.17) is 13.3 Å². The highest BCUT2D eigenvalue weighted by Crippen LogP contribution is 2.21. The van der Waals surface area contributed by atoms with E-state index >= 15 is 0 Å².